The Morgan fingerprint density at radius 1 is 1.41 bits per heavy atom. The fourth-order valence-electron chi connectivity index (χ4n) is 4.39. The maximum Gasteiger partial charge on any atom is 0.311 e. The summed E-state index contributed by atoms with van der Waals surface area (Å²) in [4.78, 5) is 14.8. The number of carbonyl (C=O) groups is 1. The number of ether oxygens (including phenoxy) is 2. The van der Waals surface area contributed by atoms with E-state index in [0.29, 0.717) is 5.92 Å². The molecular formula is C18H27NO3. The molecule has 1 aliphatic carbocycles. The van der Waals surface area contributed by atoms with Crippen LogP contribution in [0.25, 0.3) is 0 Å². The first-order chi connectivity index (χ1) is 10.6. The van der Waals surface area contributed by atoms with E-state index in [9.17, 15) is 4.79 Å². The monoisotopic (exact) mass is 305 g/mol. The molecule has 4 aliphatic rings. The molecule has 3 aliphatic heterocycles. The van der Waals surface area contributed by atoms with Crippen molar-refractivity contribution in [2.45, 2.75) is 63.8 Å². The number of hydrogen-bond acceptors (Lipinski definition) is 4. The van der Waals surface area contributed by atoms with Crippen LogP contribution in [-0.2, 0) is 14.3 Å². The van der Waals surface area contributed by atoms with Gasteiger partial charge < -0.3 is 14.4 Å². The van der Waals surface area contributed by atoms with E-state index in [1.54, 1.807) is 0 Å². The van der Waals surface area contributed by atoms with Crippen LogP contribution in [0.4, 0.5) is 0 Å². The molecule has 4 heteroatoms. The van der Waals surface area contributed by atoms with Gasteiger partial charge in [0.05, 0.1) is 11.5 Å². The van der Waals surface area contributed by atoms with Crippen LogP contribution in [0.1, 0.15) is 46.0 Å². The highest BCUT2D eigenvalue weighted by Gasteiger charge is 2.62. The summed E-state index contributed by atoms with van der Waals surface area (Å²) in [6.07, 6.45) is 7.96. The molecule has 4 nitrogen and oxygen atoms in total. The fraction of sp³-hybridized carbons (Fsp3) is 0.833. The van der Waals surface area contributed by atoms with Crippen LogP contribution in [0.2, 0.25) is 0 Å². The van der Waals surface area contributed by atoms with Gasteiger partial charge in [-0.3, -0.25) is 4.79 Å². The summed E-state index contributed by atoms with van der Waals surface area (Å²) in [6, 6.07) is 0. The molecule has 3 unspecified atom stereocenters. The van der Waals surface area contributed by atoms with E-state index < -0.39 is 0 Å². The van der Waals surface area contributed by atoms with Gasteiger partial charge in [-0.25, -0.2) is 0 Å². The van der Waals surface area contributed by atoms with Gasteiger partial charge in [0, 0.05) is 12.5 Å². The first-order valence-electron chi connectivity index (χ1n) is 8.83. The van der Waals surface area contributed by atoms with Gasteiger partial charge in [-0.15, -0.1) is 0 Å². The molecular weight excluding hydrogens is 278 g/mol. The van der Waals surface area contributed by atoms with E-state index in [-0.39, 0.29) is 29.7 Å². The standard InChI is InChI=1S/C18H27NO3/c1-12-5-3-8-18(2)16(22-18)15-13(7-6-12)14(17(20)21-15)11-19-9-4-10-19/h5,13-16H,3-4,6-11H2,1-2H3/b12-5+/t13?,14-,15?,16?,18+/m0/s1. The molecule has 4 rings (SSSR count). The summed E-state index contributed by atoms with van der Waals surface area (Å²) in [5.74, 6) is 0.382. The number of carbonyl (C=O) groups excluding carboxylic acids is 1. The Morgan fingerprint density at radius 2 is 2.23 bits per heavy atom. The number of rotatable bonds is 2. The number of epoxide rings is 1. The minimum atomic E-state index is -0.0804. The molecule has 22 heavy (non-hydrogen) atoms. The van der Waals surface area contributed by atoms with Crippen LogP contribution in [0, 0.1) is 11.8 Å². The van der Waals surface area contributed by atoms with Crippen LogP contribution < -0.4 is 0 Å². The first-order valence-corrected chi connectivity index (χ1v) is 8.83. The Kier molecular flexibility index (Phi) is 3.57. The quantitative estimate of drug-likeness (QED) is 0.447. The molecule has 3 saturated heterocycles. The number of nitrogens with zero attached hydrogens (tertiary/aromatic N) is 1. The second-order valence-electron chi connectivity index (χ2n) is 7.80. The third-order valence-corrected chi connectivity index (χ3v) is 6.14. The second kappa shape index (κ2) is 5.34. The van der Waals surface area contributed by atoms with E-state index in [0.717, 1.165) is 45.3 Å². The molecule has 0 N–H and O–H groups in total. The Labute approximate surface area is 132 Å². The van der Waals surface area contributed by atoms with Gasteiger partial charge >= 0.3 is 5.97 Å². The first kappa shape index (κ1) is 14.7. The zero-order valence-corrected chi connectivity index (χ0v) is 13.7. The van der Waals surface area contributed by atoms with Crippen molar-refractivity contribution in [1.82, 2.24) is 4.90 Å². The van der Waals surface area contributed by atoms with Crippen molar-refractivity contribution >= 4 is 5.97 Å². The lowest BCUT2D eigenvalue weighted by atomic mass is 9.80. The van der Waals surface area contributed by atoms with Crippen LogP contribution in [-0.4, -0.2) is 48.3 Å². The van der Waals surface area contributed by atoms with Crippen molar-refractivity contribution in [3.63, 3.8) is 0 Å². The summed E-state index contributed by atoms with van der Waals surface area (Å²) in [7, 11) is 0. The summed E-state index contributed by atoms with van der Waals surface area (Å²) < 4.78 is 11.8. The van der Waals surface area contributed by atoms with Crippen molar-refractivity contribution in [1.29, 1.82) is 0 Å². The fourth-order valence-corrected chi connectivity index (χ4v) is 4.39. The lowest BCUT2D eigenvalue weighted by Crippen LogP contribution is -2.43. The molecule has 0 aromatic rings. The average molecular weight is 305 g/mol. The highest BCUT2D eigenvalue weighted by atomic mass is 16.6. The third kappa shape index (κ3) is 2.50. The molecule has 0 radical (unpaired) electrons. The van der Waals surface area contributed by atoms with Gasteiger partial charge in [0.25, 0.3) is 0 Å². The van der Waals surface area contributed by atoms with Gasteiger partial charge in [-0.05, 0) is 59.0 Å². The molecule has 122 valence electrons. The van der Waals surface area contributed by atoms with Crippen LogP contribution >= 0.6 is 0 Å². The molecule has 0 bridgehead atoms. The molecule has 0 amide bonds. The number of fused-ring (bicyclic) bond motifs is 3. The van der Waals surface area contributed by atoms with E-state index in [1.807, 2.05) is 0 Å². The topological polar surface area (TPSA) is 42.1 Å². The molecule has 0 aromatic heterocycles. The predicted octanol–water partition coefficient (Wildman–Crippen LogP) is 2.53. The number of esters is 1. The Hall–Kier alpha value is -0.870. The van der Waals surface area contributed by atoms with Gasteiger partial charge in [-0.2, -0.15) is 0 Å². The lowest BCUT2D eigenvalue weighted by Gasteiger charge is -2.33. The highest BCUT2D eigenvalue weighted by Crippen LogP contribution is 2.50. The molecule has 0 saturated carbocycles. The number of hydrogen-bond donors (Lipinski definition) is 0. The summed E-state index contributed by atoms with van der Waals surface area (Å²) in [6.45, 7) is 7.55. The van der Waals surface area contributed by atoms with E-state index in [4.69, 9.17) is 9.47 Å². The third-order valence-electron chi connectivity index (χ3n) is 6.14. The van der Waals surface area contributed by atoms with Gasteiger partial charge in [-0.1, -0.05) is 11.6 Å². The molecule has 5 atom stereocenters. The predicted molar refractivity (Wildman–Crippen MR) is 83.4 cm³/mol. The van der Waals surface area contributed by atoms with Crippen molar-refractivity contribution in [2.24, 2.45) is 11.8 Å². The zero-order chi connectivity index (χ0) is 15.3. The Bertz CT molecular complexity index is 499. The maximum absolute atomic E-state index is 12.4. The summed E-state index contributed by atoms with van der Waals surface area (Å²) in [5, 5.41) is 0. The lowest BCUT2D eigenvalue weighted by molar-refractivity contribution is -0.145. The Morgan fingerprint density at radius 3 is 2.95 bits per heavy atom. The SMILES string of the molecule is C/C1=C\CC[C@@]2(C)OC2C2OC(=O)[C@@H](CN3CCC3)C2CC1. The summed E-state index contributed by atoms with van der Waals surface area (Å²) in [5.41, 5.74) is 1.37. The molecule has 3 heterocycles. The normalized spacial score (nSPS) is 47.5. The van der Waals surface area contributed by atoms with Crippen molar-refractivity contribution in [3.05, 3.63) is 11.6 Å². The van der Waals surface area contributed by atoms with E-state index in [2.05, 4.69) is 24.8 Å². The number of likely N-dealkylation sites (tertiary alicyclic amines) is 1. The minimum Gasteiger partial charge on any atom is -0.459 e. The van der Waals surface area contributed by atoms with Crippen LogP contribution in [0.5, 0.6) is 0 Å². The van der Waals surface area contributed by atoms with Crippen molar-refractivity contribution in [3.8, 4) is 0 Å². The van der Waals surface area contributed by atoms with E-state index >= 15 is 0 Å². The largest absolute Gasteiger partial charge is 0.459 e. The van der Waals surface area contributed by atoms with Crippen LogP contribution in [0.15, 0.2) is 11.6 Å². The van der Waals surface area contributed by atoms with E-state index in [1.165, 1.54) is 12.0 Å². The molecule has 0 spiro atoms. The van der Waals surface area contributed by atoms with Gasteiger partial charge in [0.1, 0.15) is 12.2 Å². The molecule has 3 fully saturated rings. The Balaban J connectivity index is 1.55. The maximum atomic E-state index is 12.4. The summed E-state index contributed by atoms with van der Waals surface area (Å²) >= 11 is 0. The average Bonchev–Trinajstić information content (AvgIpc) is 2.99. The van der Waals surface area contributed by atoms with Gasteiger partial charge in [0.2, 0.25) is 0 Å². The highest BCUT2D eigenvalue weighted by molar-refractivity contribution is 5.75. The van der Waals surface area contributed by atoms with Crippen LogP contribution in [0.3, 0.4) is 0 Å². The van der Waals surface area contributed by atoms with Crippen molar-refractivity contribution in [2.75, 3.05) is 19.6 Å². The minimum absolute atomic E-state index is 0.0145. The van der Waals surface area contributed by atoms with Crippen molar-refractivity contribution < 1.29 is 14.3 Å². The molecule has 0 aromatic carbocycles. The smallest absolute Gasteiger partial charge is 0.311 e. The van der Waals surface area contributed by atoms with Gasteiger partial charge in [0.15, 0.2) is 0 Å². The number of allylic oxidation sites excluding steroid dienone is 2. The zero-order valence-electron chi connectivity index (χ0n) is 13.7. The second-order valence-corrected chi connectivity index (χ2v) is 7.80.